The lowest BCUT2D eigenvalue weighted by Gasteiger charge is -2.38. The molecule has 5 rings (SSSR count). The summed E-state index contributed by atoms with van der Waals surface area (Å²) in [7, 11) is -3.39. The topological polar surface area (TPSA) is 49.4 Å². The quantitative estimate of drug-likeness (QED) is 0.774. The SMILES string of the molecule is Cc1ccccc1C1Nc2ccc(S(=O)(=O)N3CCCC3)cc2C2C=CCC21. The first kappa shape index (κ1) is 18.0. The predicted octanol–water partition coefficient (Wildman–Crippen LogP) is 4.61. The molecule has 0 spiro atoms. The van der Waals surface area contributed by atoms with Crippen LogP contribution in [0.25, 0.3) is 0 Å². The van der Waals surface area contributed by atoms with Gasteiger partial charge in [0, 0.05) is 24.7 Å². The molecular weight excluding hydrogens is 368 g/mol. The minimum Gasteiger partial charge on any atom is -0.378 e. The van der Waals surface area contributed by atoms with Gasteiger partial charge in [0.15, 0.2) is 0 Å². The summed E-state index contributed by atoms with van der Waals surface area (Å²) < 4.78 is 27.7. The summed E-state index contributed by atoms with van der Waals surface area (Å²) in [6.45, 7) is 3.44. The van der Waals surface area contributed by atoms with Crippen LogP contribution in [-0.4, -0.2) is 25.8 Å². The van der Waals surface area contributed by atoms with Crippen LogP contribution in [0.1, 0.15) is 47.9 Å². The number of anilines is 1. The molecule has 1 N–H and O–H groups in total. The molecule has 0 saturated carbocycles. The van der Waals surface area contributed by atoms with Crippen LogP contribution < -0.4 is 5.32 Å². The van der Waals surface area contributed by atoms with E-state index < -0.39 is 10.0 Å². The molecule has 28 heavy (non-hydrogen) atoms. The molecular formula is C23H26N2O2S. The van der Waals surface area contributed by atoms with E-state index in [1.807, 2.05) is 12.1 Å². The molecule has 1 saturated heterocycles. The number of aryl methyl sites for hydroxylation is 1. The molecule has 146 valence electrons. The molecule has 3 atom stereocenters. The lowest BCUT2D eigenvalue weighted by atomic mass is 9.76. The van der Waals surface area contributed by atoms with Crippen LogP contribution in [0.3, 0.4) is 0 Å². The van der Waals surface area contributed by atoms with Gasteiger partial charge in [0.1, 0.15) is 0 Å². The van der Waals surface area contributed by atoms with Crippen molar-refractivity contribution >= 4 is 15.7 Å². The van der Waals surface area contributed by atoms with Gasteiger partial charge < -0.3 is 5.32 Å². The Bertz CT molecular complexity index is 1040. The Balaban J connectivity index is 1.55. The average Bonchev–Trinajstić information content (AvgIpc) is 3.40. The first-order valence-electron chi connectivity index (χ1n) is 10.2. The van der Waals surface area contributed by atoms with Crippen LogP contribution >= 0.6 is 0 Å². The van der Waals surface area contributed by atoms with Crippen molar-refractivity contribution < 1.29 is 8.42 Å². The van der Waals surface area contributed by atoms with Crippen LogP contribution in [0, 0.1) is 12.8 Å². The van der Waals surface area contributed by atoms with Crippen molar-refractivity contribution in [2.24, 2.45) is 5.92 Å². The highest BCUT2D eigenvalue weighted by atomic mass is 32.2. The Morgan fingerprint density at radius 1 is 1.04 bits per heavy atom. The smallest absolute Gasteiger partial charge is 0.243 e. The van der Waals surface area contributed by atoms with Gasteiger partial charge in [-0.15, -0.1) is 0 Å². The predicted molar refractivity (Wildman–Crippen MR) is 112 cm³/mol. The number of hydrogen-bond acceptors (Lipinski definition) is 3. The molecule has 0 radical (unpaired) electrons. The minimum absolute atomic E-state index is 0.245. The molecule has 4 nitrogen and oxygen atoms in total. The summed E-state index contributed by atoms with van der Waals surface area (Å²) in [5.74, 6) is 0.674. The van der Waals surface area contributed by atoms with E-state index in [0.717, 1.165) is 30.5 Å². The number of allylic oxidation sites excluding steroid dienone is 2. The lowest BCUT2D eigenvalue weighted by Crippen LogP contribution is -2.31. The van der Waals surface area contributed by atoms with Crippen molar-refractivity contribution in [3.63, 3.8) is 0 Å². The first-order chi connectivity index (χ1) is 13.6. The highest BCUT2D eigenvalue weighted by Gasteiger charge is 2.39. The maximum Gasteiger partial charge on any atom is 0.243 e. The van der Waals surface area contributed by atoms with Crippen molar-refractivity contribution in [1.29, 1.82) is 0 Å². The number of hydrogen-bond donors (Lipinski definition) is 1. The van der Waals surface area contributed by atoms with Crippen LogP contribution in [0.15, 0.2) is 59.5 Å². The van der Waals surface area contributed by atoms with Gasteiger partial charge in [-0.3, -0.25) is 0 Å². The Kier molecular flexibility index (Phi) is 4.33. The third kappa shape index (κ3) is 2.80. The molecule has 3 unspecified atom stereocenters. The van der Waals surface area contributed by atoms with E-state index >= 15 is 0 Å². The Hall–Kier alpha value is -2.11. The number of nitrogens with zero attached hydrogens (tertiary/aromatic N) is 1. The third-order valence-electron chi connectivity index (χ3n) is 6.56. The first-order valence-corrected chi connectivity index (χ1v) is 11.6. The highest BCUT2D eigenvalue weighted by molar-refractivity contribution is 7.89. The number of rotatable bonds is 3. The summed E-state index contributed by atoms with van der Waals surface area (Å²) in [6.07, 6.45) is 7.44. The van der Waals surface area contributed by atoms with E-state index in [2.05, 4.69) is 48.7 Å². The van der Waals surface area contributed by atoms with Crippen molar-refractivity contribution in [2.75, 3.05) is 18.4 Å². The number of sulfonamides is 1. The monoisotopic (exact) mass is 394 g/mol. The van der Waals surface area contributed by atoms with Gasteiger partial charge in [0.05, 0.1) is 10.9 Å². The second-order valence-electron chi connectivity index (χ2n) is 8.19. The minimum atomic E-state index is -3.39. The molecule has 0 aromatic heterocycles. The zero-order chi connectivity index (χ0) is 19.3. The molecule has 1 fully saturated rings. The molecule has 3 aliphatic rings. The summed E-state index contributed by atoms with van der Waals surface area (Å²) in [4.78, 5) is 0.434. The van der Waals surface area contributed by atoms with Gasteiger partial charge in [-0.1, -0.05) is 36.4 Å². The lowest BCUT2D eigenvalue weighted by molar-refractivity contribution is 0.423. The Morgan fingerprint density at radius 3 is 2.61 bits per heavy atom. The summed E-state index contributed by atoms with van der Waals surface area (Å²) in [6, 6.07) is 14.4. The third-order valence-corrected chi connectivity index (χ3v) is 8.46. The Labute approximate surface area is 167 Å². The van der Waals surface area contributed by atoms with Gasteiger partial charge in [-0.25, -0.2) is 8.42 Å². The van der Waals surface area contributed by atoms with E-state index in [4.69, 9.17) is 0 Å². The van der Waals surface area contributed by atoms with Gasteiger partial charge in [0.2, 0.25) is 10.0 Å². The van der Waals surface area contributed by atoms with E-state index in [9.17, 15) is 8.42 Å². The normalized spacial score (nSPS) is 26.7. The van der Waals surface area contributed by atoms with E-state index in [-0.39, 0.29) is 12.0 Å². The highest BCUT2D eigenvalue weighted by Crippen LogP contribution is 2.50. The van der Waals surface area contributed by atoms with Gasteiger partial charge in [0.25, 0.3) is 0 Å². The number of nitrogens with one attached hydrogen (secondary N) is 1. The summed E-state index contributed by atoms with van der Waals surface area (Å²) >= 11 is 0. The maximum atomic E-state index is 13.0. The fourth-order valence-corrected chi connectivity index (χ4v) is 6.61. The zero-order valence-electron chi connectivity index (χ0n) is 16.1. The maximum absolute atomic E-state index is 13.0. The molecule has 2 aromatic rings. The molecule has 2 heterocycles. The van der Waals surface area contributed by atoms with Gasteiger partial charge in [-0.05, 0) is 67.0 Å². The standard InChI is InChI=1S/C23H26N2O2S/c1-16-7-2-3-8-18(16)23-20-10-6-9-19(20)21-15-17(11-12-22(21)24-23)28(26,27)25-13-4-5-14-25/h2-3,6-9,11-12,15,19-20,23-24H,4-5,10,13-14H2,1H3. The number of benzene rings is 2. The van der Waals surface area contributed by atoms with Crippen LogP contribution in [-0.2, 0) is 10.0 Å². The van der Waals surface area contributed by atoms with Crippen molar-refractivity contribution in [3.05, 3.63) is 71.3 Å². The largest absolute Gasteiger partial charge is 0.378 e. The Morgan fingerprint density at radius 2 is 1.82 bits per heavy atom. The molecule has 1 aliphatic carbocycles. The summed E-state index contributed by atoms with van der Waals surface area (Å²) in [5, 5.41) is 3.73. The summed E-state index contributed by atoms with van der Waals surface area (Å²) in [5.41, 5.74) is 4.80. The molecule has 0 bridgehead atoms. The fraction of sp³-hybridized carbons (Fsp3) is 0.391. The van der Waals surface area contributed by atoms with E-state index in [1.54, 1.807) is 10.4 Å². The van der Waals surface area contributed by atoms with Crippen molar-refractivity contribution in [1.82, 2.24) is 4.31 Å². The molecule has 2 aromatic carbocycles. The molecule has 0 amide bonds. The van der Waals surface area contributed by atoms with Crippen LogP contribution in [0.4, 0.5) is 5.69 Å². The second-order valence-corrected chi connectivity index (χ2v) is 10.1. The van der Waals surface area contributed by atoms with E-state index in [0.29, 0.717) is 23.9 Å². The van der Waals surface area contributed by atoms with Crippen LogP contribution in [0.5, 0.6) is 0 Å². The van der Waals surface area contributed by atoms with Gasteiger partial charge >= 0.3 is 0 Å². The second kappa shape index (κ2) is 6.75. The van der Waals surface area contributed by atoms with Crippen LogP contribution in [0.2, 0.25) is 0 Å². The molecule has 5 heteroatoms. The van der Waals surface area contributed by atoms with Crippen molar-refractivity contribution in [3.8, 4) is 0 Å². The van der Waals surface area contributed by atoms with E-state index in [1.165, 1.54) is 11.1 Å². The molecule has 2 aliphatic heterocycles. The number of fused-ring (bicyclic) bond motifs is 3. The zero-order valence-corrected chi connectivity index (χ0v) is 17.0. The average molecular weight is 395 g/mol. The van der Waals surface area contributed by atoms with Gasteiger partial charge in [-0.2, -0.15) is 4.31 Å². The van der Waals surface area contributed by atoms with Crippen molar-refractivity contribution in [2.45, 2.75) is 43.0 Å². The fourth-order valence-electron chi connectivity index (χ4n) is 5.05.